The minimum Gasteiger partial charge on any atom is -0.492 e. The predicted octanol–water partition coefficient (Wildman–Crippen LogP) is 1.93. The van der Waals surface area contributed by atoms with Crippen LogP contribution in [0.1, 0.15) is 24.7 Å². The van der Waals surface area contributed by atoms with Gasteiger partial charge in [0.2, 0.25) is 5.82 Å². The highest BCUT2D eigenvalue weighted by molar-refractivity contribution is 5.61. The van der Waals surface area contributed by atoms with Crippen LogP contribution in [0.2, 0.25) is 0 Å². The number of para-hydroxylation sites is 1. The quantitative estimate of drug-likeness (QED) is 0.883. The molecule has 1 aliphatic heterocycles. The fourth-order valence-corrected chi connectivity index (χ4v) is 2.68. The average molecular weight is 299 g/mol. The van der Waals surface area contributed by atoms with Gasteiger partial charge in [-0.25, -0.2) is 0 Å². The van der Waals surface area contributed by atoms with Crippen molar-refractivity contribution < 1.29 is 4.74 Å². The normalized spacial score (nSPS) is 15.6. The van der Waals surface area contributed by atoms with Gasteiger partial charge in [0.05, 0.1) is 0 Å². The summed E-state index contributed by atoms with van der Waals surface area (Å²) in [4.78, 5) is 2.36. The lowest BCUT2D eigenvalue weighted by molar-refractivity contribution is 0.222. The van der Waals surface area contributed by atoms with Gasteiger partial charge >= 0.3 is 0 Å². The zero-order valence-corrected chi connectivity index (χ0v) is 12.8. The molecule has 0 saturated carbocycles. The van der Waals surface area contributed by atoms with Crippen molar-refractivity contribution in [3.05, 3.63) is 41.7 Å². The maximum atomic E-state index is 5.95. The van der Waals surface area contributed by atoms with Crippen LogP contribution in [0.25, 0.3) is 5.57 Å². The number of hydrogen-bond acceptors (Lipinski definition) is 5. The van der Waals surface area contributed by atoms with E-state index in [0.717, 1.165) is 43.8 Å². The van der Waals surface area contributed by atoms with E-state index in [1.54, 1.807) is 0 Å². The number of aromatic nitrogens is 4. The minimum atomic E-state index is 0.691. The molecule has 6 heteroatoms. The first-order chi connectivity index (χ1) is 10.9. The van der Waals surface area contributed by atoms with E-state index in [0.29, 0.717) is 12.4 Å². The number of nitrogens with zero attached hydrogens (tertiary/aromatic N) is 4. The van der Waals surface area contributed by atoms with E-state index in [9.17, 15) is 0 Å². The molecule has 0 spiro atoms. The van der Waals surface area contributed by atoms with Crippen LogP contribution in [0.3, 0.4) is 0 Å². The summed E-state index contributed by atoms with van der Waals surface area (Å²) in [6.07, 6.45) is 4.19. The number of nitrogens with one attached hydrogen (secondary N) is 1. The van der Waals surface area contributed by atoms with Crippen molar-refractivity contribution in [2.75, 3.05) is 26.2 Å². The molecular formula is C16H21N5O. The lowest BCUT2D eigenvalue weighted by Gasteiger charge is -2.26. The van der Waals surface area contributed by atoms with Crippen molar-refractivity contribution in [2.24, 2.45) is 0 Å². The summed E-state index contributed by atoms with van der Waals surface area (Å²) in [6, 6.07) is 8.23. The number of aryl methyl sites for hydroxylation is 1. The maximum Gasteiger partial charge on any atom is 0.201 e. The smallest absolute Gasteiger partial charge is 0.201 e. The highest BCUT2D eigenvalue weighted by atomic mass is 16.5. The zero-order chi connectivity index (χ0) is 15.2. The number of rotatable bonds is 6. The van der Waals surface area contributed by atoms with E-state index in [2.05, 4.69) is 50.7 Å². The second kappa shape index (κ2) is 7.17. The van der Waals surface area contributed by atoms with Crippen molar-refractivity contribution in [2.45, 2.75) is 19.8 Å². The van der Waals surface area contributed by atoms with E-state index in [-0.39, 0.29) is 0 Å². The molecule has 0 aliphatic carbocycles. The Labute approximate surface area is 130 Å². The Kier molecular flexibility index (Phi) is 4.80. The van der Waals surface area contributed by atoms with E-state index >= 15 is 0 Å². The van der Waals surface area contributed by atoms with Crippen molar-refractivity contribution in [3.8, 4) is 5.75 Å². The molecule has 0 radical (unpaired) electrons. The predicted molar refractivity (Wildman–Crippen MR) is 84.5 cm³/mol. The lowest BCUT2D eigenvalue weighted by atomic mass is 10.1. The molecule has 0 unspecified atom stereocenters. The summed E-state index contributed by atoms with van der Waals surface area (Å²) in [7, 11) is 0. The summed E-state index contributed by atoms with van der Waals surface area (Å²) >= 11 is 0. The molecule has 1 N–H and O–H groups in total. The fourth-order valence-electron chi connectivity index (χ4n) is 2.68. The van der Waals surface area contributed by atoms with Crippen LogP contribution in [-0.4, -0.2) is 51.8 Å². The summed E-state index contributed by atoms with van der Waals surface area (Å²) in [5, 5.41) is 14.2. The first-order valence-electron chi connectivity index (χ1n) is 7.72. The third-order valence-corrected chi connectivity index (χ3v) is 3.88. The van der Waals surface area contributed by atoms with Crippen LogP contribution < -0.4 is 4.74 Å². The topological polar surface area (TPSA) is 66.9 Å². The summed E-state index contributed by atoms with van der Waals surface area (Å²) in [6.45, 7) is 5.62. The maximum absolute atomic E-state index is 5.95. The first kappa shape index (κ1) is 14.7. The second-order valence-electron chi connectivity index (χ2n) is 5.34. The van der Waals surface area contributed by atoms with Gasteiger partial charge in [0.25, 0.3) is 0 Å². The van der Waals surface area contributed by atoms with Crippen LogP contribution in [0.4, 0.5) is 0 Å². The van der Waals surface area contributed by atoms with Crippen molar-refractivity contribution >= 4 is 5.57 Å². The van der Waals surface area contributed by atoms with Gasteiger partial charge in [0, 0.05) is 25.2 Å². The van der Waals surface area contributed by atoms with Gasteiger partial charge < -0.3 is 4.74 Å². The molecule has 0 atom stereocenters. The third-order valence-electron chi connectivity index (χ3n) is 3.88. The minimum absolute atomic E-state index is 0.691. The summed E-state index contributed by atoms with van der Waals surface area (Å²) in [5.41, 5.74) is 2.39. The third kappa shape index (κ3) is 3.51. The van der Waals surface area contributed by atoms with E-state index in [4.69, 9.17) is 4.74 Å². The molecule has 0 bridgehead atoms. The first-order valence-corrected chi connectivity index (χ1v) is 7.72. The van der Waals surface area contributed by atoms with Crippen LogP contribution in [0.15, 0.2) is 30.3 Å². The second-order valence-corrected chi connectivity index (χ2v) is 5.34. The Balaban J connectivity index is 1.51. The molecule has 0 saturated heterocycles. The van der Waals surface area contributed by atoms with Gasteiger partial charge in [-0.15, -0.1) is 10.2 Å². The molecule has 1 aliphatic rings. The molecule has 1 aromatic carbocycles. The van der Waals surface area contributed by atoms with Crippen LogP contribution >= 0.6 is 0 Å². The SMILES string of the molecule is CCc1ccccc1OCCN1CCC=C(c2nn[nH]n2)C1. The van der Waals surface area contributed by atoms with Gasteiger partial charge in [0.15, 0.2) is 0 Å². The Morgan fingerprint density at radius 2 is 2.23 bits per heavy atom. The molecule has 2 aromatic rings. The number of aromatic amines is 1. The fraction of sp³-hybridized carbons (Fsp3) is 0.438. The lowest BCUT2D eigenvalue weighted by Crippen LogP contribution is -2.33. The molecule has 0 fully saturated rings. The molecule has 0 amide bonds. The van der Waals surface area contributed by atoms with Gasteiger partial charge in [-0.3, -0.25) is 4.90 Å². The molecule has 1 aromatic heterocycles. The summed E-state index contributed by atoms with van der Waals surface area (Å²) in [5.74, 6) is 1.69. The molecule has 22 heavy (non-hydrogen) atoms. The number of benzene rings is 1. The number of ether oxygens (including phenoxy) is 1. The largest absolute Gasteiger partial charge is 0.492 e. The van der Waals surface area contributed by atoms with E-state index in [1.807, 2.05) is 12.1 Å². The number of tetrazole rings is 1. The Morgan fingerprint density at radius 3 is 3.05 bits per heavy atom. The zero-order valence-electron chi connectivity index (χ0n) is 12.8. The number of H-pyrrole nitrogens is 1. The van der Waals surface area contributed by atoms with E-state index in [1.165, 1.54) is 5.56 Å². The molecule has 3 rings (SSSR count). The van der Waals surface area contributed by atoms with E-state index < -0.39 is 0 Å². The average Bonchev–Trinajstić information content (AvgIpc) is 3.10. The standard InChI is InChI=1S/C16H21N5O/c1-2-13-6-3-4-8-15(13)22-11-10-21-9-5-7-14(12-21)16-17-19-20-18-16/h3-4,6-8H,2,5,9-12H2,1H3,(H,17,18,19,20). The van der Waals surface area contributed by atoms with Gasteiger partial charge in [-0.1, -0.05) is 31.2 Å². The van der Waals surface area contributed by atoms with Gasteiger partial charge in [-0.05, 0) is 29.7 Å². The Morgan fingerprint density at radius 1 is 1.32 bits per heavy atom. The molecule has 2 heterocycles. The van der Waals surface area contributed by atoms with Crippen LogP contribution in [-0.2, 0) is 6.42 Å². The van der Waals surface area contributed by atoms with Crippen molar-refractivity contribution in [1.82, 2.24) is 25.5 Å². The monoisotopic (exact) mass is 299 g/mol. The van der Waals surface area contributed by atoms with Gasteiger partial charge in [-0.2, -0.15) is 5.21 Å². The van der Waals surface area contributed by atoms with Crippen molar-refractivity contribution in [1.29, 1.82) is 0 Å². The summed E-state index contributed by atoms with van der Waals surface area (Å²) < 4.78 is 5.95. The van der Waals surface area contributed by atoms with Gasteiger partial charge in [0.1, 0.15) is 12.4 Å². The Hall–Kier alpha value is -2.21. The molecule has 6 nitrogen and oxygen atoms in total. The van der Waals surface area contributed by atoms with Crippen LogP contribution in [0.5, 0.6) is 5.75 Å². The highest BCUT2D eigenvalue weighted by Crippen LogP contribution is 2.19. The molecule has 116 valence electrons. The number of hydrogen-bond donors (Lipinski definition) is 1. The highest BCUT2D eigenvalue weighted by Gasteiger charge is 2.16. The molecular weight excluding hydrogens is 278 g/mol. The van der Waals surface area contributed by atoms with Crippen molar-refractivity contribution in [3.63, 3.8) is 0 Å². The van der Waals surface area contributed by atoms with Crippen LogP contribution in [0, 0.1) is 0 Å². The Bertz CT molecular complexity index is 623.